The standard InChI is InChI=1S/C14H18N2O3/c1-2-19-13(17)9-16-14(18)11-7-10-5-3-4-6-12(10)15-8-11/h3-6,11,15H,2,7-9H2,1H3,(H,16,18). The zero-order chi connectivity index (χ0) is 13.7. The van der Waals surface area contributed by atoms with E-state index in [1.807, 2.05) is 24.3 Å². The number of esters is 1. The van der Waals surface area contributed by atoms with E-state index in [1.54, 1.807) is 6.92 Å². The van der Waals surface area contributed by atoms with Crippen molar-refractivity contribution in [2.45, 2.75) is 13.3 Å². The van der Waals surface area contributed by atoms with E-state index >= 15 is 0 Å². The smallest absolute Gasteiger partial charge is 0.325 e. The molecule has 19 heavy (non-hydrogen) atoms. The van der Waals surface area contributed by atoms with Gasteiger partial charge in [0.15, 0.2) is 0 Å². The Morgan fingerprint density at radius 1 is 1.42 bits per heavy atom. The van der Waals surface area contributed by atoms with Crippen molar-refractivity contribution in [2.75, 3.05) is 25.0 Å². The van der Waals surface area contributed by atoms with Gasteiger partial charge < -0.3 is 15.4 Å². The summed E-state index contributed by atoms with van der Waals surface area (Å²) in [5.41, 5.74) is 2.21. The molecule has 0 aromatic heterocycles. The highest BCUT2D eigenvalue weighted by molar-refractivity contribution is 5.84. The van der Waals surface area contributed by atoms with Gasteiger partial charge in [-0.25, -0.2) is 0 Å². The van der Waals surface area contributed by atoms with Gasteiger partial charge >= 0.3 is 5.97 Å². The maximum atomic E-state index is 12.0. The van der Waals surface area contributed by atoms with Crippen molar-refractivity contribution in [1.29, 1.82) is 0 Å². The number of hydrogen-bond acceptors (Lipinski definition) is 4. The van der Waals surface area contributed by atoms with Gasteiger partial charge in [0, 0.05) is 12.2 Å². The van der Waals surface area contributed by atoms with E-state index in [1.165, 1.54) is 0 Å². The summed E-state index contributed by atoms with van der Waals surface area (Å²) in [4.78, 5) is 23.1. The van der Waals surface area contributed by atoms with Gasteiger partial charge in [-0.2, -0.15) is 0 Å². The summed E-state index contributed by atoms with van der Waals surface area (Å²) in [6.07, 6.45) is 0.692. The van der Waals surface area contributed by atoms with Crippen LogP contribution in [-0.2, 0) is 20.7 Å². The number of benzene rings is 1. The van der Waals surface area contributed by atoms with Crippen molar-refractivity contribution in [1.82, 2.24) is 5.32 Å². The van der Waals surface area contributed by atoms with E-state index in [9.17, 15) is 9.59 Å². The second-order valence-electron chi connectivity index (χ2n) is 4.46. The fourth-order valence-electron chi connectivity index (χ4n) is 2.14. The number of para-hydroxylation sites is 1. The fourth-order valence-corrected chi connectivity index (χ4v) is 2.14. The van der Waals surface area contributed by atoms with Gasteiger partial charge in [-0.3, -0.25) is 9.59 Å². The highest BCUT2D eigenvalue weighted by atomic mass is 16.5. The number of carbonyl (C=O) groups excluding carboxylic acids is 2. The third-order valence-electron chi connectivity index (χ3n) is 3.11. The van der Waals surface area contributed by atoms with Crippen molar-refractivity contribution >= 4 is 17.6 Å². The minimum atomic E-state index is -0.403. The van der Waals surface area contributed by atoms with Gasteiger partial charge in [0.05, 0.1) is 12.5 Å². The average molecular weight is 262 g/mol. The number of ether oxygens (including phenoxy) is 1. The van der Waals surface area contributed by atoms with Crippen molar-refractivity contribution in [3.8, 4) is 0 Å². The van der Waals surface area contributed by atoms with Crippen LogP contribution in [0.1, 0.15) is 12.5 Å². The number of amides is 1. The van der Waals surface area contributed by atoms with E-state index in [-0.39, 0.29) is 18.4 Å². The number of nitrogens with one attached hydrogen (secondary N) is 2. The molecule has 5 nitrogen and oxygen atoms in total. The molecular formula is C14H18N2O3. The first-order valence-electron chi connectivity index (χ1n) is 6.45. The number of fused-ring (bicyclic) bond motifs is 1. The molecule has 0 aliphatic carbocycles. The Labute approximate surface area is 112 Å². The summed E-state index contributed by atoms with van der Waals surface area (Å²) in [5, 5.41) is 5.84. The second-order valence-corrected chi connectivity index (χ2v) is 4.46. The molecule has 1 unspecified atom stereocenters. The van der Waals surface area contributed by atoms with Crippen molar-refractivity contribution in [2.24, 2.45) is 5.92 Å². The maximum Gasteiger partial charge on any atom is 0.325 e. The Kier molecular flexibility index (Phi) is 4.39. The minimum absolute atomic E-state index is 0.0647. The third-order valence-corrected chi connectivity index (χ3v) is 3.11. The van der Waals surface area contributed by atoms with E-state index in [4.69, 9.17) is 4.74 Å². The van der Waals surface area contributed by atoms with Gasteiger partial charge in [0.25, 0.3) is 0 Å². The quantitative estimate of drug-likeness (QED) is 0.793. The van der Waals surface area contributed by atoms with Crippen LogP contribution in [0, 0.1) is 5.92 Å². The van der Waals surface area contributed by atoms with Gasteiger partial charge in [-0.15, -0.1) is 0 Å². The Balaban J connectivity index is 1.87. The van der Waals surface area contributed by atoms with Crippen molar-refractivity contribution in [3.05, 3.63) is 29.8 Å². The lowest BCUT2D eigenvalue weighted by molar-refractivity contribution is -0.143. The predicted molar refractivity (Wildman–Crippen MR) is 71.8 cm³/mol. The van der Waals surface area contributed by atoms with Crippen LogP contribution in [0.4, 0.5) is 5.69 Å². The number of hydrogen-bond donors (Lipinski definition) is 2. The van der Waals surface area contributed by atoms with Crippen LogP contribution in [0.25, 0.3) is 0 Å². The highest BCUT2D eigenvalue weighted by Crippen LogP contribution is 2.24. The van der Waals surface area contributed by atoms with Crippen molar-refractivity contribution < 1.29 is 14.3 Å². The molecule has 102 valence electrons. The molecule has 1 aliphatic rings. The molecule has 1 aromatic carbocycles. The lowest BCUT2D eigenvalue weighted by Crippen LogP contribution is -2.40. The molecule has 5 heteroatoms. The van der Waals surface area contributed by atoms with Gasteiger partial charge in [-0.05, 0) is 25.0 Å². The molecule has 0 fully saturated rings. The molecule has 0 radical (unpaired) electrons. The number of anilines is 1. The number of rotatable bonds is 4. The highest BCUT2D eigenvalue weighted by Gasteiger charge is 2.24. The van der Waals surface area contributed by atoms with Crippen LogP contribution in [0.15, 0.2) is 24.3 Å². The van der Waals surface area contributed by atoms with E-state index in [2.05, 4.69) is 10.6 Å². The molecular weight excluding hydrogens is 244 g/mol. The van der Waals surface area contributed by atoms with Gasteiger partial charge in [0.2, 0.25) is 5.91 Å². The van der Waals surface area contributed by atoms with E-state index in [0.717, 1.165) is 11.3 Å². The van der Waals surface area contributed by atoms with Crippen LogP contribution in [0.2, 0.25) is 0 Å². The largest absolute Gasteiger partial charge is 0.465 e. The summed E-state index contributed by atoms with van der Waals surface area (Å²) in [6.45, 7) is 2.59. The Bertz CT molecular complexity index is 474. The average Bonchev–Trinajstić information content (AvgIpc) is 2.44. The molecule has 1 aliphatic heterocycles. The minimum Gasteiger partial charge on any atom is -0.465 e. The first-order valence-corrected chi connectivity index (χ1v) is 6.45. The van der Waals surface area contributed by atoms with E-state index < -0.39 is 5.97 Å². The molecule has 2 N–H and O–H groups in total. The fraction of sp³-hybridized carbons (Fsp3) is 0.429. The maximum absolute atomic E-state index is 12.0. The summed E-state index contributed by atoms with van der Waals surface area (Å²) >= 11 is 0. The SMILES string of the molecule is CCOC(=O)CNC(=O)C1CNc2ccccc2C1. The molecule has 0 saturated carbocycles. The van der Waals surface area contributed by atoms with Crippen LogP contribution in [0.3, 0.4) is 0 Å². The summed E-state index contributed by atoms with van der Waals surface area (Å²) < 4.78 is 4.77. The first kappa shape index (κ1) is 13.4. The first-order chi connectivity index (χ1) is 9.20. The molecule has 0 bridgehead atoms. The summed E-state index contributed by atoms with van der Waals surface area (Å²) in [6, 6.07) is 7.93. The number of carbonyl (C=O) groups is 2. The monoisotopic (exact) mass is 262 g/mol. The molecule has 1 heterocycles. The van der Waals surface area contributed by atoms with Crippen LogP contribution in [-0.4, -0.2) is 31.6 Å². The topological polar surface area (TPSA) is 67.4 Å². The normalized spacial score (nSPS) is 17.0. The zero-order valence-electron chi connectivity index (χ0n) is 10.9. The molecule has 2 rings (SSSR count). The van der Waals surface area contributed by atoms with Gasteiger partial charge in [0.1, 0.15) is 6.54 Å². The van der Waals surface area contributed by atoms with Crippen LogP contribution in [0.5, 0.6) is 0 Å². The molecule has 1 aromatic rings. The molecule has 1 atom stereocenters. The predicted octanol–water partition coefficient (Wildman–Crippen LogP) is 0.950. The third kappa shape index (κ3) is 3.47. The molecule has 1 amide bonds. The Morgan fingerprint density at radius 2 is 2.21 bits per heavy atom. The summed E-state index contributed by atoms with van der Waals surface area (Å²) in [7, 11) is 0. The van der Waals surface area contributed by atoms with Crippen LogP contribution >= 0.6 is 0 Å². The Morgan fingerprint density at radius 3 is 3.00 bits per heavy atom. The lowest BCUT2D eigenvalue weighted by Gasteiger charge is -2.25. The Hall–Kier alpha value is -2.04. The summed E-state index contributed by atoms with van der Waals surface area (Å²) in [5.74, 6) is -0.667. The zero-order valence-corrected chi connectivity index (χ0v) is 10.9. The van der Waals surface area contributed by atoms with Crippen molar-refractivity contribution in [3.63, 3.8) is 0 Å². The van der Waals surface area contributed by atoms with Gasteiger partial charge in [-0.1, -0.05) is 18.2 Å². The second kappa shape index (κ2) is 6.22. The molecule has 0 saturated heterocycles. The van der Waals surface area contributed by atoms with E-state index in [0.29, 0.717) is 19.6 Å². The lowest BCUT2D eigenvalue weighted by atomic mass is 9.93. The molecule has 0 spiro atoms. The van der Waals surface area contributed by atoms with Crippen LogP contribution < -0.4 is 10.6 Å².